The van der Waals surface area contributed by atoms with Crippen molar-refractivity contribution in [3.63, 3.8) is 0 Å². The Morgan fingerprint density at radius 3 is 2.42 bits per heavy atom. The molecular formula is C18H20ClNO5S. The molecule has 0 saturated carbocycles. The lowest BCUT2D eigenvalue weighted by atomic mass is 10.1. The molecule has 0 spiro atoms. The maximum absolute atomic E-state index is 12.2. The topological polar surface area (TPSA) is 92.7 Å². The molecule has 2 aromatic carbocycles. The van der Waals surface area contributed by atoms with Gasteiger partial charge in [-0.2, -0.15) is 0 Å². The fourth-order valence-electron chi connectivity index (χ4n) is 2.26. The van der Waals surface area contributed by atoms with E-state index in [-0.39, 0.29) is 16.2 Å². The number of benzene rings is 2. The Kier molecular flexibility index (Phi) is 6.50. The van der Waals surface area contributed by atoms with Crippen LogP contribution in [0.15, 0.2) is 41.3 Å². The number of carboxylic acids is 1. The van der Waals surface area contributed by atoms with Crippen LogP contribution in [-0.4, -0.2) is 32.3 Å². The second-order valence-electron chi connectivity index (χ2n) is 5.76. The molecule has 2 rings (SSSR count). The molecule has 2 aromatic rings. The average Bonchev–Trinajstić information content (AvgIpc) is 2.57. The molecule has 0 saturated heterocycles. The zero-order valence-electron chi connectivity index (χ0n) is 14.5. The van der Waals surface area contributed by atoms with Crippen LogP contribution >= 0.6 is 11.6 Å². The summed E-state index contributed by atoms with van der Waals surface area (Å²) >= 11 is 5.86. The second-order valence-corrected chi connectivity index (χ2v) is 8.19. The number of halogens is 1. The molecule has 0 atom stereocenters. The Balaban J connectivity index is 2.59. The van der Waals surface area contributed by atoms with E-state index in [2.05, 4.69) is 5.32 Å². The van der Waals surface area contributed by atoms with Crippen molar-refractivity contribution in [1.29, 1.82) is 0 Å². The van der Waals surface area contributed by atoms with Gasteiger partial charge < -0.3 is 15.2 Å². The van der Waals surface area contributed by atoms with Gasteiger partial charge in [0.2, 0.25) is 0 Å². The molecule has 0 aliphatic carbocycles. The van der Waals surface area contributed by atoms with Crippen LogP contribution in [0.5, 0.6) is 11.5 Å². The van der Waals surface area contributed by atoms with Crippen molar-refractivity contribution >= 4 is 33.1 Å². The number of unbranched alkanes of at least 4 members (excludes halogenated alkanes) is 1. The number of carbonyl (C=O) groups is 1. The molecule has 26 heavy (non-hydrogen) atoms. The standard InChI is InChI=1S/C18H20ClNO5S/c1-3-4-9-20-15-10-12(18(21)22)11-16(26(2,23)24)17(15)25-14-7-5-13(19)6-8-14/h5-8,10-11,20H,3-4,9H2,1-2H3,(H,21,22). The Hall–Kier alpha value is -2.25. The van der Waals surface area contributed by atoms with Crippen LogP contribution in [0.25, 0.3) is 0 Å². The number of sulfone groups is 1. The molecule has 140 valence electrons. The quantitative estimate of drug-likeness (QED) is 0.639. The molecule has 0 aliphatic rings. The van der Waals surface area contributed by atoms with Crippen molar-refractivity contribution in [3.8, 4) is 11.5 Å². The summed E-state index contributed by atoms with van der Waals surface area (Å²) in [6.45, 7) is 2.57. The zero-order chi connectivity index (χ0) is 19.3. The normalized spacial score (nSPS) is 11.2. The third kappa shape index (κ3) is 5.12. The van der Waals surface area contributed by atoms with Gasteiger partial charge in [-0.3, -0.25) is 0 Å². The van der Waals surface area contributed by atoms with Crippen molar-refractivity contribution in [2.45, 2.75) is 24.7 Å². The van der Waals surface area contributed by atoms with Gasteiger partial charge in [0.25, 0.3) is 0 Å². The second kappa shape index (κ2) is 8.42. The fourth-order valence-corrected chi connectivity index (χ4v) is 3.21. The number of aromatic carboxylic acids is 1. The number of anilines is 1. The van der Waals surface area contributed by atoms with Crippen LogP contribution in [0.1, 0.15) is 30.1 Å². The molecular weight excluding hydrogens is 378 g/mol. The van der Waals surface area contributed by atoms with Gasteiger partial charge in [-0.05, 0) is 42.8 Å². The summed E-state index contributed by atoms with van der Waals surface area (Å²) in [4.78, 5) is 11.2. The van der Waals surface area contributed by atoms with Gasteiger partial charge >= 0.3 is 5.97 Å². The summed E-state index contributed by atoms with van der Waals surface area (Å²) in [5.41, 5.74) is 0.182. The molecule has 0 bridgehead atoms. The molecule has 2 N–H and O–H groups in total. The number of hydrogen-bond donors (Lipinski definition) is 2. The highest BCUT2D eigenvalue weighted by Gasteiger charge is 2.23. The van der Waals surface area contributed by atoms with E-state index in [0.29, 0.717) is 23.0 Å². The molecule has 6 nitrogen and oxygen atoms in total. The Labute approximate surface area is 157 Å². The summed E-state index contributed by atoms with van der Waals surface area (Å²) in [6.07, 6.45) is 2.78. The van der Waals surface area contributed by atoms with Gasteiger partial charge in [0.15, 0.2) is 15.6 Å². The van der Waals surface area contributed by atoms with Crippen LogP contribution < -0.4 is 10.1 Å². The number of nitrogens with one attached hydrogen (secondary N) is 1. The first-order valence-electron chi connectivity index (χ1n) is 8.01. The first-order valence-corrected chi connectivity index (χ1v) is 10.3. The number of rotatable bonds is 8. The Morgan fingerprint density at radius 2 is 1.88 bits per heavy atom. The highest BCUT2D eigenvalue weighted by molar-refractivity contribution is 7.90. The van der Waals surface area contributed by atoms with E-state index >= 15 is 0 Å². The van der Waals surface area contributed by atoms with E-state index in [1.165, 1.54) is 6.07 Å². The maximum atomic E-state index is 12.2. The van der Waals surface area contributed by atoms with Gasteiger partial charge in [0.05, 0.1) is 11.3 Å². The van der Waals surface area contributed by atoms with E-state index < -0.39 is 15.8 Å². The van der Waals surface area contributed by atoms with Crippen molar-refractivity contribution in [2.24, 2.45) is 0 Å². The van der Waals surface area contributed by atoms with Gasteiger partial charge in [0, 0.05) is 17.8 Å². The summed E-state index contributed by atoms with van der Waals surface area (Å²) in [7, 11) is -3.73. The van der Waals surface area contributed by atoms with Gasteiger partial charge in [-0.25, -0.2) is 13.2 Å². The molecule has 0 fully saturated rings. The van der Waals surface area contributed by atoms with Crippen molar-refractivity contribution in [3.05, 3.63) is 47.0 Å². The van der Waals surface area contributed by atoms with Crippen LogP contribution in [-0.2, 0) is 9.84 Å². The summed E-state index contributed by atoms with van der Waals surface area (Å²) < 4.78 is 30.3. The summed E-state index contributed by atoms with van der Waals surface area (Å²) in [6, 6.07) is 8.93. The van der Waals surface area contributed by atoms with Gasteiger partial charge in [0.1, 0.15) is 10.6 Å². The molecule has 0 heterocycles. The lowest BCUT2D eigenvalue weighted by Crippen LogP contribution is -2.10. The van der Waals surface area contributed by atoms with Gasteiger partial charge in [-0.1, -0.05) is 24.9 Å². The summed E-state index contributed by atoms with van der Waals surface area (Å²) in [5.74, 6) is -0.761. The van der Waals surface area contributed by atoms with E-state index in [0.717, 1.165) is 25.2 Å². The van der Waals surface area contributed by atoms with Crippen LogP contribution in [0.4, 0.5) is 5.69 Å². The van der Waals surface area contributed by atoms with Gasteiger partial charge in [-0.15, -0.1) is 0 Å². The SMILES string of the molecule is CCCCNc1cc(C(=O)O)cc(S(C)(=O)=O)c1Oc1ccc(Cl)cc1. The maximum Gasteiger partial charge on any atom is 0.335 e. The van der Waals surface area contributed by atoms with E-state index in [1.807, 2.05) is 6.92 Å². The minimum Gasteiger partial charge on any atom is -0.478 e. The number of hydrogen-bond acceptors (Lipinski definition) is 5. The third-order valence-corrected chi connectivity index (χ3v) is 4.93. The molecule has 0 aliphatic heterocycles. The fraction of sp³-hybridized carbons (Fsp3) is 0.278. The minimum absolute atomic E-state index is 0.0657. The lowest BCUT2D eigenvalue weighted by Gasteiger charge is -2.17. The zero-order valence-corrected chi connectivity index (χ0v) is 16.0. The molecule has 0 amide bonds. The van der Waals surface area contributed by atoms with Crippen LogP contribution in [0.2, 0.25) is 5.02 Å². The van der Waals surface area contributed by atoms with Crippen molar-refractivity contribution in [1.82, 2.24) is 0 Å². The number of ether oxygens (including phenoxy) is 1. The molecule has 8 heteroatoms. The average molecular weight is 398 g/mol. The number of carboxylic acid groups (broad SMARTS) is 1. The highest BCUT2D eigenvalue weighted by Crippen LogP contribution is 2.38. The van der Waals surface area contributed by atoms with Crippen molar-refractivity contribution < 1.29 is 23.1 Å². The third-order valence-electron chi connectivity index (χ3n) is 3.58. The highest BCUT2D eigenvalue weighted by atomic mass is 35.5. The minimum atomic E-state index is -3.73. The smallest absolute Gasteiger partial charge is 0.335 e. The monoisotopic (exact) mass is 397 g/mol. The predicted molar refractivity (Wildman–Crippen MR) is 101 cm³/mol. The lowest BCUT2D eigenvalue weighted by molar-refractivity contribution is 0.0696. The largest absolute Gasteiger partial charge is 0.478 e. The predicted octanol–water partition coefficient (Wildman–Crippen LogP) is 4.45. The Bertz CT molecular complexity index is 895. The molecule has 0 radical (unpaired) electrons. The molecule has 0 unspecified atom stereocenters. The van der Waals surface area contributed by atoms with Crippen molar-refractivity contribution in [2.75, 3.05) is 18.1 Å². The van der Waals surface area contributed by atoms with Crippen LogP contribution in [0, 0.1) is 0 Å². The summed E-state index contributed by atoms with van der Waals surface area (Å²) in [5, 5.41) is 12.9. The first-order chi connectivity index (χ1) is 12.2. The van der Waals surface area contributed by atoms with Crippen LogP contribution in [0.3, 0.4) is 0 Å². The molecule has 0 aromatic heterocycles. The first kappa shape index (κ1) is 20.1. The van der Waals surface area contributed by atoms with E-state index in [4.69, 9.17) is 16.3 Å². The van der Waals surface area contributed by atoms with E-state index in [1.54, 1.807) is 24.3 Å². The van der Waals surface area contributed by atoms with E-state index in [9.17, 15) is 18.3 Å². The Morgan fingerprint density at radius 1 is 1.23 bits per heavy atom.